The Labute approximate surface area is 121 Å². The van der Waals surface area contributed by atoms with Gasteiger partial charge >= 0.3 is 5.97 Å². The maximum atomic E-state index is 13.9. The lowest BCUT2D eigenvalue weighted by molar-refractivity contribution is -0.133. The van der Waals surface area contributed by atoms with E-state index in [0.29, 0.717) is 15.5 Å². The molecule has 5 nitrogen and oxygen atoms in total. The van der Waals surface area contributed by atoms with Crippen LogP contribution < -0.4 is 0 Å². The Morgan fingerprint density at radius 1 is 1.53 bits per heavy atom. The highest BCUT2D eigenvalue weighted by atomic mass is 79.9. The van der Waals surface area contributed by atoms with Gasteiger partial charge in [-0.2, -0.15) is 0 Å². The normalized spacial score (nSPS) is 10.7. The van der Waals surface area contributed by atoms with E-state index in [1.165, 1.54) is 10.6 Å². The summed E-state index contributed by atoms with van der Waals surface area (Å²) >= 11 is 4.27. The number of para-hydroxylation sites is 1. The van der Waals surface area contributed by atoms with Crippen LogP contribution in [0.5, 0.6) is 0 Å². The summed E-state index contributed by atoms with van der Waals surface area (Å²) < 4.78 is 16.0. The molecule has 0 radical (unpaired) electrons. The van der Waals surface area contributed by atoms with Crippen molar-refractivity contribution in [2.75, 3.05) is 5.75 Å². The predicted octanol–water partition coefficient (Wildman–Crippen LogP) is 2.65. The van der Waals surface area contributed by atoms with Crippen LogP contribution in [0.3, 0.4) is 0 Å². The molecule has 1 N–H and O–H groups in total. The Morgan fingerprint density at radius 3 is 2.89 bits per heavy atom. The molecule has 100 valence electrons. The van der Waals surface area contributed by atoms with Crippen molar-refractivity contribution in [2.45, 2.75) is 12.1 Å². The maximum Gasteiger partial charge on any atom is 0.313 e. The lowest BCUT2D eigenvalue weighted by Crippen LogP contribution is -2.05. The summed E-state index contributed by atoms with van der Waals surface area (Å²) in [6.07, 6.45) is 0. The molecule has 0 aliphatic rings. The summed E-state index contributed by atoms with van der Waals surface area (Å²) in [6, 6.07) is 4.60. The third-order valence-electron chi connectivity index (χ3n) is 2.28. The van der Waals surface area contributed by atoms with Gasteiger partial charge in [0.2, 0.25) is 0 Å². The summed E-state index contributed by atoms with van der Waals surface area (Å²) in [4.78, 5) is 10.6. The molecule has 0 aliphatic carbocycles. The van der Waals surface area contributed by atoms with Crippen LogP contribution in [0, 0.1) is 12.7 Å². The number of rotatable bonds is 4. The first-order valence-electron chi connectivity index (χ1n) is 5.21. The first kappa shape index (κ1) is 14.0. The fourth-order valence-corrected chi connectivity index (χ4v) is 2.75. The number of thioether (sulfide) groups is 1. The number of aliphatic carboxylic acids is 1. The number of carboxylic acid groups (broad SMARTS) is 1. The molecule has 1 aromatic heterocycles. The SMILES string of the molecule is Cc1nnc(SCC(=O)O)n1-c1c(F)cccc1Br. The Bertz CT molecular complexity index is 612. The quantitative estimate of drug-likeness (QED) is 0.862. The summed E-state index contributed by atoms with van der Waals surface area (Å²) in [5.41, 5.74) is 0.276. The van der Waals surface area contributed by atoms with E-state index in [2.05, 4.69) is 26.1 Å². The van der Waals surface area contributed by atoms with Gasteiger partial charge in [-0.1, -0.05) is 17.8 Å². The van der Waals surface area contributed by atoms with E-state index in [1.807, 2.05) is 0 Å². The summed E-state index contributed by atoms with van der Waals surface area (Å²) in [5.74, 6) is -1.08. The summed E-state index contributed by atoms with van der Waals surface area (Å²) in [7, 11) is 0. The van der Waals surface area contributed by atoms with E-state index in [0.717, 1.165) is 11.8 Å². The topological polar surface area (TPSA) is 68.0 Å². The smallest absolute Gasteiger partial charge is 0.313 e. The van der Waals surface area contributed by atoms with Crippen LogP contribution >= 0.6 is 27.7 Å². The van der Waals surface area contributed by atoms with Crippen LogP contribution in [0.4, 0.5) is 4.39 Å². The van der Waals surface area contributed by atoms with Crippen molar-refractivity contribution in [1.82, 2.24) is 14.8 Å². The van der Waals surface area contributed by atoms with Crippen molar-refractivity contribution < 1.29 is 14.3 Å². The van der Waals surface area contributed by atoms with Crippen LogP contribution in [0.15, 0.2) is 27.8 Å². The lowest BCUT2D eigenvalue weighted by Gasteiger charge is -2.10. The van der Waals surface area contributed by atoms with E-state index in [4.69, 9.17) is 5.11 Å². The minimum Gasteiger partial charge on any atom is -0.481 e. The number of nitrogens with zero attached hydrogens (tertiary/aromatic N) is 3. The number of halogens is 2. The summed E-state index contributed by atoms with van der Waals surface area (Å²) in [6.45, 7) is 1.68. The first-order valence-corrected chi connectivity index (χ1v) is 6.99. The lowest BCUT2D eigenvalue weighted by atomic mass is 10.3. The van der Waals surface area contributed by atoms with Crippen LogP contribution in [-0.4, -0.2) is 31.6 Å². The van der Waals surface area contributed by atoms with Crippen LogP contribution in [0.2, 0.25) is 0 Å². The van der Waals surface area contributed by atoms with Crippen molar-refractivity contribution in [3.05, 3.63) is 34.3 Å². The second-order valence-electron chi connectivity index (χ2n) is 3.62. The van der Waals surface area contributed by atoms with Gasteiger partial charge in [0.1, 0.15) is 11.6 Å². The van der Waals surface area contributed by atoms with E-state index < -0.39 is 11.8 Å². The molecule has 1 aromatic carbocycles. The van der Waals surface area contributed by atoms with Crippen LogP contribution in [0.25, 0.3) is 5.69 Å². The van der Waals surface area contributed by atoms with Gasteiger partial charge in [-0.25, -0.2) is 4.39 Å². The van der Waals surface area contributed by atoms with Gasteiger partial charge in [0.05, 0.1) is 11.4 Å². The fraction of sp³-hybridized carbons (Fsp3) is 0.182. The predicted molar refractivity (Wildman–Crippen MR) is 72.1 cm³/mol. The Balaban J connectivity index is 2.49. The minimum absolute atomic E-state index is 0.162. The van der Waals surface area contributed by atoms with Crippen LogP contribution in [0.1, 0.15) is 5.82 Å². The average Bonchev–Trinajstić information content (AvgIpc) is 2.69. The van der Waals surface area contributed by atoms with Gasteiger partial charge in [0.25, 0.3) is 0 Å². The van der Waals surface area contributed by atoms with Crippen molar-refractivity contribution in [3.8, 4) is 5.69 Å². The molecule has 0 atom stereocenters. The molecule has 0 saturated carbocycles. The standard InChI is InChI=1S/C11H9BrFN3O2S/c1-6-14-15-11(19-5-9(17)18)16(6)10-7(12)3-2-4-8(10)13/h2-4H,5H2,1H3,(H,17,18). The molecule has 0 spiro atoms. The van der Waals surface area contributed by atoms with Crippen molar-refractivity contribution in [1.29, 1.82) is 0 Å². The number of aromatic nitrogens is 3. The molecule has 2 aromatic rings. The Kier molecular flexibility index (Phi) is 4.20. The van der Waals surface area contributed by atoms with Gasteiger partial charge in [-0.15, -0.1) is 10.2 Å². The molecule has 2 rings (SSSR count). The molecule has 0 fully saturated rings. The third-order valence-corrected chi connectivity index (χ3v) is 3.83. The number of hydrogen-bond donors (Lipinski definition) is 1. The van der Waals surface area contributed by atoms with E-state index in [9.17, 15) is 9.18 Å². The highest BCUT2D eigenvalue weighted by Crippen LogP contribution is 2.29. The Morgan fingerprint density at radius 2 is 2.26 bits per heavy atom. The molecular formula is C11H9BrFN3O2S. The van der Waals surface area contributed by atoms with Crippen molar-refractivity contribution in [2.24, 2.45) is 0 Å². The van der Waals surface area contributed by atoms with Gasteiger partial charge in [-0.05, 0) is 35.0 Å². The molecular weight excluding hydrogens is 337 g/mol. The highest BCUT2D eigenvalue weighted by Gasteiger charge is 2.18. The largest absolute Gasteiger partial charge is 0.481 e. The van der Waals surface area contributed by atoms with Crippen LogP contribution in [-0.2, 0) is 4.79 Å². The maximum absolute atomic E-state index is 13.9. The molecule has 0 bridgehead atoms. The Hall–Kier alpha value is -1.41. The first-order chi connectivity index (χ1) is 9.00. The second kappa shape index (κ2) is 5.70. The zero-order valence-corrected chi connectivity index (χ0v) is 12.2. The molecule has 19 heavy (non-hydrogen) atoms. The van der Waals surface area contributed by atoms with Gasteiger partial charge in [-0.3, -0.25) is 9.36 Å². The molecule has 1 heterocycles. The minimum atomic E-state index is -0.968. The highest BCUT2D eigenvalue weighted by molar-refractivity contribution is 9.10. The fourth-order valence-electron chi connectivity index (χ4n) is 1.52. The monoisotopic (exact) mass is 345 g/mol. The van der Waals surface area contributed by atoms with Gasteiger partial charge in [0.15, 0.2) is 5.16 Å². The molecule has 0 unspecified atom stereocenters. The average molecular weight is 346 g/mol. The van der Waals surface area contributed by atoms with E-state index in [1.54, 1.807) is 19.1 Å². The zero-order chi connectivity index (χ0) is 14.0. The van der Waals surface area contributed by atoms with Gasteiger partial charge in [0, 0.05) is 4.47 Å². The van der Waals surface area contributed by atoms with Crippen molar-refractivity contribution in [3.63, 3.8) is 0 Å². The van der Waals surface area contributed by atoms with E-state index >= 15 is 0 Å². The van der Waals surface area contributed by atoms with E-state index in [-0.39, 0.29) is 11.4 Å². The second-order valence-corrected chi connectivity index (χ2v) is 5.41. The van der Waals surface area contributed by atoms with Crippen molar-refractivity contribution >= 4 is 33.7 Å². The third kappa shape index (κ3) is 2.95. The molecule has 8 heteroatoms. The number of benzene rings is 1. The molecule has 0 saturated heterocycles. The summed E-state index contributed by atoms with van der Waals surface area (Å²) in [5, 5.41) is 16.8. The molecule has 0 amide bonds. The number of hydrogen-bond acceptors (Lipinski definition) is 4. The molecule has 0 aliphatic heterocycles. The van der Waals surface area contributed by atoms with Gasteiger partial charge < -0.3 is 5.11 Å². The number of aryl methyl sites for hydroxylation is 1. The zero-order valence-electron chi connectivity index (χ0n) is 9.80. The number of carboxylic acids is 1. The number of carbonyl (C=O) groups is 1.